The highest BCUT2D eigenvalue weighted by Crippen LogP contribution is 2.27. The van der Waals surface area contributed by atoms with Gasteiger partial charge in [-0.3, -0.25) is 4.68 Å². The number of nitrogens with zero attached hydrogens (tertiary/aromatic N) is 3. The minimum Gasteiger partial charge on any atom is -0.394 e. The smallest absolute Gasteiger partial charge is 0.152 e. The Morgan fingerprint density at radius 1 is 1.25 bits per heavy atom. The molecule has 0 spiro atoms. The molecule has 0 unspecified atom stereocenters. The van der Waals surface area contributed by atoms with Gasteiger partial charge < -0.3 is 16.0 Å². The van der Waals surface area contributed by atoms with Gasteiger partial charge in [0.25, 0.3) is 0 Å². The maximum absolute atomic E-state index is 6.16. The standard InChI is InChI=1S/C15H23N5/c1-5-6-13-14(16)15(20(4)18-13)17-11-7-9-12(10-8-11)19(2)3/h7-10,17H,5-6,16H2,1-4H3. The number of aromatic nitrogens is 2. The largest absolute Gasteiger partial charge is 0.394 e. The maximum Gasteiger partial charge on any atom is 0.152 e. The van der Waals surface area contributed by atoms with Crippen molar-refractivity contribution in [2.45, 2.75) is 19.8 Å². The molecule has 2 aromatic rings. The molecule has 0 radical (unpaired) electrons. The Balaban J connectivity index is 2.21. The maximum atomic E-state index is 6.16. The second kappa shape index (κ2) is 5.86. The third-order valence-electron chi connectivity index (χ3n) is 3.29. The van der Waals surface area contributed by atoms with E-state index in [1.165, 1.54) is 5.69 Å². The molecule has 0 aliphatic rings. The second-order valence-corrected chi connectivity index (χ2v) is 5.15. The molecule has 0 bridgehead atoms. The van der Waals surface area contributed by atoms with E-state index < -0.39 is 0 Å². The number of nitrogen functional groups attached to an aromatic ring is 1. The first kappa shape index (κ1) is 14.2. The average Bonchev–Trinajstić information content (AvgIpc) is 2.68. The molecule has 0 saturated carbocycles. The molecule has 0 aliphatic heterocycles. The van der Waals surface area contributed by atoms with E-state index in [1.807, 2.05) is 33.3 Å². The Morgan fingerprint density at radius 2 is 1.90 bits per heavy atom. The third kappa shape index (κ3) is 2.87. The Bertz CT molecular complexity index is 569. The van der Waals surface area contributed by atoms with Crippen molar-refractivity contribution in [3.63, 3.8) is 0 Å². The number of benzene rings is 1. The fraction of sp³-hybridized carbons (Fsp3) is 0.400. The van der Waals surface area contributed by atoms with Crippen molar-refractivity contribution in [1.29, 1.82) is 0 Å². The van der Waals surface area contributed by atoms with Crippen LogP contribution in [0.25, 0.3) is 0 Å². The number of nitrogens with one attached hydrogen (secondary N) is 1. The van der Waals surface area contributed by atoms with Gasteiger partial charge in [0, 0.05) is 32.5 Å². The van der Waals surface area contributed by atoms with E-state index in [0.717, 1.165) is 35.7 Å². The first-order valence-electron chi connectivity index (χ1n) is 6.88. The van der Waals surface area contributed by atoms with E-state index in [1.54, 1.807) is 4.68 Å². The van der Waals surface area contributed by atoms with Crippen LogP contribution in [0.5, 0.6) is 0 Å². The molecule has 5 heteroatoms. The highest BCUT2D eigenvalue weighted by atomic mass is 15.3. The van der Waals surface area contributed by atoms with Crippen LogP contribution >= 0.6 is 0 Å². The van der Waals surface area contributed by atoms with E-state index in [9.17, 15) is 0 Å². The molecular weight excluding hydrogens is 250 g/mol. The van der Waals surface area contributed by atoms with Crippen molar-refractivity contribution in [3.8, 4) is 0 Å². The van der Waals surface area contributed by atoms with Crippen LogP contribution < -0.4 is 16.0 Å². The SMILES string of the molecule is CCCc1nn(C)c(Nc2ccc(N(C)C)cc2)c1N. The molecule has 1 aromatic heterocycles. The summed E-state index contributed by atoms with van der Waals surface area (Å²) in [6.45, 7) is 2.13. The van der Waals surface area contributed by atoms with Crippen LogP contribution in [0.3, 0.4) is 0 Å². The number of aryl methyl sites for hydroxylation is 2. The summed E-state index contributed by atoms with van der Waals surface area (Å²) < 4.78 is 1.81. The lowest BCUT2D eigenvalue weighted by Gasteiger charge is -2.13. The van der Waals surface area contributed by atoms with E-state index in [4.69, 9.17) is 5.73 Å². The van der Waals surface area contributed by atoms with Crippen molar-refractivity contribution in [2.75, 3.05) is 30.0 Å². The van der Waals surface area contributed by atoms with Crippen molar-refractivity contribution in [3.05, 3.63) is 30.0 Å². The monoisotopic (exact) mass is 273 g/mol. The number of hydrogen-bond donors (Lipinski definition) is 2. The molecule has 20 heavy (non-hydrogen) atoms. The first-order chi connectivity index (χ1) is 9.52. The Morgan fingerprint density at radius 3 is 2.45 bits per heavy atom. The van der Waals surface area contributed by atoms with Crippen LogP contribution in [0.15, 0.2) is 24.3 Å². The van der Waals surface area contributed by atoms with E-state index in [2.05, 4.69) is 34.4 Å². The topological polar surface area (TPSA) is 59.1 Å². The van der Waals surface area contributed by atoms with Gasteiger partial charge in [-0.25, -0.2) is 0 Å². The zero-order valence-corrected chi connectivity index (χ0v) is 12.6. The summed E-state index contributed by atoms with van der Waals surface area (Å²) in [5, 5.41) is 7.81. The summed E-state index contributed by atoms with van der Waals surface area (Å²) in [7, 11) is 5.96. The molecule has 5 nitrogen and oxygen atoms in total. The van der Waals surface area contributed by atoms with Crippen molar-refractivity contribution >= 4 is 22.9 Å². The van der Waals surface area contributed by atoms with Gasteiger partial charge in [-0.2, -0.15) is 5.10 Å². The zero-order valence-electron chi connectivity index (χ0n) is 12.6. The summed E-state index contributed by atoms with van der Waals surface area (Å²) in [5.74, 6) is 0.853. The number of rotatable bonds is 5. The van der Waals surface area contributed by atoms with Gasteiger partial charge in [0.2, 0.25) is 0 Å². The van der Waals surface area contributed by atoms with Crippen molar-refractivity contribution < 1.29 is 0 Å². The molecule has 0 fully saturated rings. The summed E-state index contributed by atoms with van der Waals surface area (Å²) >= 11 is 0. The van der Waals surface area contributed by atoms with Gasteiger partial charge in [0.05, 0.1) is 11.4 Å². The molecule has 0 amide bonds. The Kier molecular flexibility index (Phi) is 4.17. The second-order valence-electron chi connectivity index (χ2n) is 5.15. The lowest BCUT2D eigenvalue weighted by atomic mass is 10.2. The zero-order chi connectivity index (χ0) is 14.7. The van der Waals surface area contributed by atoms with Crippen LogP contribution in [-0.4, -0.2) is 23.9 Å². The highest BCUT2D eigenvalue weighted by Gasteiger charge is 2.12. The Labute approximate surface area is 120 Å². The lowest BCUT2D eigenvalue weighted by Crippen LogP contribution is -2.08. The minimum absolute atomic E-state index is 0.742. The highest BCUT2D eigenvalue weighted by molar-refractivity contribution is 5.72. The molecule has 3 N–H and O–H groups in total. The molecule has 0 atom stereocenters. The van der Waals surface area contributed by atoms with Gasteiger partial charge in [0.1, 0.15) is 0 Å². The van der Waals surface area contributed by atoms with Crippen LogP contribution in [-0.2, 0) is 13.5 Å². The van der Waals surface area contributed by atoms with E-state index in [-0.39, 0.29) is 0 Å². The van der Waals surface area contributed by atoms with Gasteiger partial charge in [-0.1, -0.05) is 13.3 Å². The van der Waals surface area contributed by atoms with Crippen LogP contribution in [0.2, 0.25) is 0 Å². The first-order valence-corrected chi connectivity index (χ1v) is 6.88. The third-order valence-corrected chi connectivity index (χ3v) is 3.29. The van der Waals surface area contributed by atoms with Crippen molar-refractivity contribution in [1.82, 2.24) is 9.78 Å². The van der Waals surface area contributed by atoms with Crippen LogP contribution in [0.4, 0.5) is 22.9 Å². The normalized spacial score (nSPS) is 10.6. The molecule has 1 aromatic carbocycles. The fourth-order valence-electron chi connectivity index (χ4n) is 2.15. The van der Waals surface area contributed by atoms with E-state index >= 15 is 0 Å². The summed E-state index contributed by atoms with van der Waals surface area (Å²) in [4.78, 5) is 2.07. The van der Waals surface area contributed by atoms with Gasteiger partial charge in [-0.05, 0) is 30.7 Å². The van der Waals surface area contributed by atoms with Gasteiger partial charge in [0.15, 0.2) is 5.82 Å². The van der Waals surface area contributed by atoms with Crippen LogP contribution in [0, 0.1) is 0 Å². The average molecular weight is 273 g/mol. The van der Waals surface area contributed by atoms with Gasteiger partial charge in [-0.15, -0.1) is 0 Å². The number of hydrogen-bond acceptors (Lipinski definition) is 4. The molecule has 108 valence electrons. The summed E-state index contributed by atoms with van der Waals surface area (Å²) in [6, 6.07) is 8.23. The van der Waals surface area contributed by atoms with Crippen LogP contribution in [0.1, 0.15) is 19.0 Å². The summed E-state index contributed by atoms with van der Waals surface area (Å²) in [5.41, 5.74) is 10.0. The van der Waals surface area contributed by atoms with Gasteiger partial charge >= 0.3 is 0 Å². The Hall–Kier alpha value is -2.17. The number of nitrogens with two attached hydrogens (primary N) is 1. The minimum atomic E-state index is 0.742. The van der Waals surface area contributed by atoms with Crippen molar-refractivity contribution in [2.24, 2.45) is 7.05 Å². The molecular formula is C15H23N5. The summed E-state index contributed by atoms with van der Waals surface area (Å²) in [6.07, 6.45) is 1.94. The lowest BCUT2D eigenvalue weighted by molar-refractivity contribution is 0.740. The molecule has 0 saturated heterocycles. The fourth-order valence-corrected chi connectivity index (χ4v) is 2.15. The predicted octanol–water partition coefficient (Wildman–Crippen LogP) is 2.76. The number of anilines is 4. The quantitative estimate of drug-likeness (QED) is 0.879. The molecule has 1 heterocycles. The predicted molar refractivity (Wildman–Crippen MR) is 85.7 cm³/mol. The molecule has 2 rings (SSSR count). The molecule has 0 aliphatic carbocycles. The van der Waals surface area contributed by atoms with E-state index in [0.29, 0.717) is 0 Å².